The molecule has 0 saturated carbocycles. The molecule has 1 aromatic heterocycles. The topological polar surface area (TPSA) is 42.2 Å². The van der Waals surface area contributed by atoms with Crippen LogP contribution in [-0.4, -0.2) is 23.2 Å². The van der Waals surface area contributed by atoms with E-state index in [0.717, 1.165) is 12.2 Å². The van der Waals surface area contributed by atoms with Gasteiger partial charge >= 0.3 is 0 Å². The first kappa shape index (κ1) is 8.77. The third-order valence-electron chi connectivity index (χ3n) is 1.73. The Morgan fingerprint density at radius 1 is 1.75 bits per heavy atom. The summed E-state index contributed by atoms with van der Waals surface area (Å²) in [5.41, 5.74) is 1.21. The molecule has 0 aliphatic rings. The van der Waals surface area contributed by atoms with E-state index in [1.54, 1.807) is 18.1 Å². The van der Waals surface area contributed by atoms with Crippen molar-refractivity contribution in [3.63, 3.8) is 0 Å². The molecule has 4 nitrogen and oxygen atoms in total. The number of hydrogen-bond donors (Lipinski definition) is 1. The molecule has 0 fully saturated rings. The fraction of sp³-hybridized carbons (Fsp3) is 0.500. The number of aromatic nitrogens is 2. The molecule has 0 radical (unpaired) electrons. The van der Waals surface area contributed by atoms with E-state index in [0.29, 0.717) is 0 Å². The molecule has 4 heteroatoms. The first-order chi connectivity index (χ1) is 5.79. The van der Waals surface area contributed by atoms with Gasteiger partial charge in [-0.25, -0.2) is 0 Å². The zero-order valence-corrected chi connectivity index (χ0v) is 7.70. The minimum absolute atomic E-state index is 0.980. The summed E-state index contributed by atoms with van der Waals surface area (Å²) in [5.74, 6) is 1.02. The summed E-state index contributed by atoms with van der Waals surface area (Å²) in [6, 6.07) is 0. The van der Waals surface area contributed by atoms with E-state index in [-0.39, 0.29) is 0 Å². The molecule has 1 N–H and O–H groups in total. The van der Waals surface area contributed by atoms with Crippen molar-refractivity contribution in [1.29, 1.82) is 0 Å². The second-order valence-electron chi connectivity index (χ2n) is 2.53. The van der Waals surface area contributed by atoms with Gasteiger partial charge in [-0.1, -0.05) is 6.92 Å². The predicted molar refractivity (Wildman–Crippen MR) is 50.6 cm³/mol. The first-order valence-electron chi connectivity index (χ1n) is 3.97. The number of aryl methyl sites for hydroxylation is 2. The van der Waals surface area contributed by atoms with Crippen molar-refractivity contribution in [1.82, 2.24) is 9.78 Å². The maximum Gasteiger partial charge on any atom is 0.132 e. The monoisotopic (exact) mass is 166 g/mol. The van der Waals surface area contributed by atoms with Crippen molar-refractivity contribution in [3.8, 4) is 0 Å². The summed E-state index contributed by atoms with van der Waals surface area (Å²) < 4.78 is 1.81. The SMILES string of the molecule is CCc1cnn(C)c1NC=NC. The Bertz CT molecular complexity index is 275. The van der Waals surface area contributed by atoms with E-state index in [9.17, 15) is 0 Å². The summed E-state index contributed by atoms with van der Waals surface area (Å²) in [4.78, 5) is 3.85. The van der Waals surface area contributed by atoms with Crippen molar-refractivity contribution in [3.05, 3.63) is 11.8 Å². The third kappa shape index (κ3) is 1.64. The first-order valence-corrected chi connectivity index (χ1v) is 3.97. The van der Waals surface area contributed by atoms with Crippen molar-refractivity contribution in [2.75, 3.05) is 12.4 Å². The summed E-state index contributed by atoms with van der Waals surface area (Å²) in [6.45, 7) is 2.10. The van der Waals surface area contributed by atoms with Gasteiger partial charge in [0.15, 0.2) is 0 Å². The Hall–Kier alpha value is -1.32. The summed E-state index contributed by atoms with van der Waals surface area (Å²) in [7, 11) is 3.64. The highest BCUT2D eigenvalue weighted by molar-refractivity contribution is 5.75. The lowest BCUT2D eigenvalue weighted by Gasteiger charge is -2.02. The molecular weight excluding hydrogens is 152 g/mol. The van der Waals surface area contributed by atoms with Crippen molar-refractivity contribution >= 4 is 12.2 Å². The maximum absolute atomic E-state index is 4.13. The number of nitrogens with one attached hydrogen (secondary N) is 1. The quantitative estimate of drug-likeness (QED) is 0.538. The van der Waals surface area contributed by atoms with Gasteiger partial charge in [-0.15, -0.1) is 0 Å². The van der Waals surface area contributed by atoms with Crippen LogP contribution in [0.3, 0.4) is 0 Å². The van der Waals surface area contributed by atoms with Crippen LogP contribution in [0, 0.1) is 0 Å². The Morgan fingerprint density at radius 3 is 3.08 bits per heavy atom. The third-order valence-corrected chi connectivity index (χ3v) is 1.73. The van der Waals surface area contributed by atoms with E-state index >= 15 is 0 Å². The Labute approximate surface area is 72.3 Å². The molecule has 0 saturated heterocycles. The fourth-order valence-corrected chi connectivity index (χ4v) is 1.05. The Kier molecular flexibility index (Phi) is 2.85. The number of hydrogen-bond acceptors (Lipinski definition) is 2. The minimum atomic E-state index is 0.980. The molecule has 0 aliphatic heterocycles. The normalized spacial score (nSPS) is 10.9. The lowest BCUT2D eigenvalue weighted by Crippen LogP contribution is -2.03. The molecule has 0 unspecified atom stereocenters. The Balaban J connectivity index is 2.86. The van der Waals surface area contributed by atoms with E-state index in [4.69, 9.17) is 0 Å². The lowest BCUT2D eigenvalue weighted by molar-refractivity contribution is 0.777. The molecule has 0 bridgehead atoms. The average molecular weight is 166 g/mol. The number of anilines is 1. The van der Waals surface area contributed by atoms with Gasteiger partial charge in [0.2, 0.25) is 0 Å². The van der Waals surface area contributed by atoms with Gasteiger partial charge in [0.25, 0.3) is 0 Å². The summed E-state index contributed by atoms with van der Waals surface area (Å²) in [6.07, 6.45) is 4.51. The van der Waals surface area contributed by atoms with Crippen LogP contribution in [0.1, 0.15) is 12.5 Å². The van der Waals surface area contributed by atoms with Crippen LogP contribution >= 0.6 is 0 Å². The van der Waals surface area contributed by atoms with E-state index in [1.807, 2.05) is 13.2 Å². The van der Waals surface area contributed by atoms with E-state index in [2.05, 4.69) is 22.3 Å². The molecule has 66 valence electrons. The van der Waals surface area contributed by atoms with Gasteiger partial charge < -0.3 is 5.32 Å². The highest BCUT2D eigenvalue weighted by Gasteiger charge is 2.03. The fourth-order valence-electron chi connectivity index (χ4n) is 1.05. The molecule has 1 heterocycles. The smallest absolute Gasteiger partial charge is 0.132 e. The molecule has 0 aliphatic carbocycles. The van der Waals surface area contributed by atoms with E-state index < -0.39 is 0 Å². The van der Waals surface area contributed by atoms with Gasteiger partial charge in [0.05, 0.1) is 12.5 Å². The molecule has 1 rings (SSSR count). The zero-order chi connectivity index (χ0) is 8.97. The van der Waals surface area contributed by atoms with Crippen molar-refractivity contribution in [2.45, 2.75) is 13.3 Å². The van der Waals surface area contributed by atoms with Gasteiger partial charge in [-0.05, 0) is 6.42 Å². The molecule has 0 aromatic carbocycles. The van der Waals surface area contributed by atoms with Crippen LogP contribution in [0.25, 0.3) is 0 Å². The van der Waals surface area contributed by atoms with Crippen LogP contribution in [-0.2, 0) is 13.5 Å². The van der Waals surface area contributed by atoms with Crippen molar-refractivity contribution < 1.29 is 0 Å². The standard InChI is InChI=1S/C8H14N4/c1-4-7-5-11-12(3)8(7)10-6-9-2/h5-6H,4H2,1-3H3,(H,9,10). The van der Waals surface area contributed by atoms with Crippen LogP contribution < -0.4 is 5.32 Å². The van der Waals surface area contributed by atoms with Gasteiger partial charge in [0, 0.05) is 19.7 Å². The van der Waals surface area contributed by atoms with Gasteiger partial charge in [-0.2, -0.15) is 5.10 Å². The second-order valence-corrected chi connectivity index (χ2v) is 2.53. The molecular formula is C8H14N4. The van der Waals surface area contributed by atoms with Crippen LogP contribution in [0.4, 0.5) is 5.82 Å². The number of rotatable bonds is 3. The van der Waals surface area contributed by atoms with E-state index in [1.165, 1.54) is 5.56 Å². The Morgan fingerprint density at radius 2 is 2.50 bits per heavy atom. The number of nitrogens with zero attached hydrogens (tertiary/aromatic N) is 3. The zero-order valence-electron chi connectivity index (χ0n) is 7.70. The largest absolute Gasteiger partial charge is 0.331 e. The minimum Gasteiger partial charge on any atom is -0.331 e. The van der Waals surface area contributed by atoms with Gasteiger partial charge in [0.1, 0.15) is 5.82 Å². The average Bonchev–Trinajstić information content (AvgIpc) is 2.43. The lowest BCUT2D eigenvalue weighted by atomic mass is 10.2. The molecule has 0 spiro atoms. The second kappa shape index (κ2) is 3.90. The van der Waals surface area contributed by atoms with Crippen molar-refractivity contribution in [2.24, 2.45) is 12.0 Å². The highest BCUT2D eigenvalue weighted by Crippen LogP contribution is 2.12. The predicted octanol–water partition coefficient (Wildman–Crippen LogP) is 1.05. The molecule has 0 amide bonds. The highest BCUT2D eigenvalue weighted by atomic mass is 15.3. The van der Waals surface area contributed by atoms with Gasteiger partial charge in [-0.3, -0.25) is 9.67 Å². The molecule has 12 heavy (non-hydrogen) atoms. The van der Waals surface area contributed by atoms with Crippen LogP contribution in [0.5, 0.6) is 0 Å². The molecule has 1 aromatic rings. The summed E-state index contributed by atoms with van der Waals surface area (Å²) >= 11 is 0. The maximum atomic E-state index is 4.13. The number of aliphatic imine (C=N–C) groups is 1. The molecule has 0 atom stereocenters. The van der Waals surface area contributed by atoms with Crippen LogP contribution in [0.15, 0.2) is 11.2 Å². The van der Waals surface area contributed by atoms with Crippen LogP contribution in [0.2, 0.25) is 0 Å². The summed E-state index contributed by atoms with van der Waals surface area (Å²) in [5, 5.41) is 7.20.